The van der Waals surface area contributed by atoms with Crippen LogP contribution in [-0.2, 0) is 14.3 Å². The predicted octanol–water partition coefficient (Wildman–Crippen LogP) is -0.141. The molecule has 114 valence electrons. The molecule has 1 aliphatic rings. The van der Waals surface area contributed by atoms with Crippen molar-refractivity contribution in [2.45, 2.75) is 6.42 Å². The van der Waals surface area contributed by atoms with Crippen LogP contribution in [0.15, 0.2) is 24.5 Å². The van der Waals surface area contributed by atoms with E-state index in [0.29, 0.717) is 12.2 Å². The molecule has 21 heavy (non-hydrogen) atoms. The zero-order chi connectivity index (χ0) is 14.9. The molecule has 2 rings (SSSR count). The van der Waals surface area contributed by atoms with Gasteiger partial charge in [0, 0.05) is 25.8 Å². The van der Waals surface area contributed by atoms with Crippen LogP contribution in [0, 0.1) is 0 Å². The zero-order valence-corrected chi connectivity index (χ0v) is 11.9. The fraction of sp³-hybridized carbons (Fsp3) is 0.500. The van der Waals surface area contributed by atoms with Gasteiger partial charge in [-0.05, 0) is 25.1 Å². The number of nitrogens with one attached hydrogen (secondary N) is 2. The summed E-state index contributed by atoms with van der Waals surface area (Å²) in [6, 6.07) is 3.37. The van der Waals surface area contributed by atoms with Crippen molar-refractivity contribution in [3.63, 3.8) is 0 Å². The fourth-order valence-electron chi connectivity index (χ4n) is 2.03. The number of aromatic nitrogens is 1. The number of carbonyl (C=O) groups is 2. The second kappa shape index (κ2) is 8.33. The van der Waals surface area contributed by atoms with Crippen LogP contribution in [0.5, 0.6) is 0 Å². The van der Waals surface area contributed by atoms with Crippen LogP contribution in [0.2, 0.25) is 0 Å². The molecule has 0 radical (unpaired) electrons. The molecule has 1 aromatic heterocycles. The number of carbonyl (C=O) groups excluding carboxylic acids is 2. The third-order valence-corrected chi connectivity index (χ3v) is 3.17. The summed E-state index contributed by atoms with van der Waals surface area (Å²) in [5.41, 5.74) is 0.506. The molecule has 0 atom stereocenters. The largest absolute Gasteiger partial charge is 0.379 e. The van der Waals surface area contributed by atoms with E-state index in [0.717, 1.165) is 39.3 Å². The lowest BCUT2D eigenvalue weighted by molar-refractivity contribution is -0.136. The number of anilines is 1. The number of morpholine rings is 1. The Bertz CT molecular complexity index is 461. The molecule has 0 aliphatic carbocycles. The van der Waals surface area contributed by atoms with E-state index in [2.05, 4.69) is 20.5 Å². The van der Waals surface area contributed by atoms with Crippen molar-refractivity contribution < 1.29 is 14.3 Å². The van der Waals surface area contributed by atoms with Gasteiger partial charge in [-0.3, -0.25) is 19.5 Å². The Morgan fingerprint density at radius 3 is 2.81 bits per heavy atom. The molecule has 1 aromatic rings. The van der Waals surface area contributed by atoms with E-state index in [4.69, 9.17) is 4.74 Å². The summed E-state index contributed by atoms with van der Waals surface area (Å²) in [7, 11) is 0. The van der Waals surface area contributed by atoms with Gasteiger partial charge in [0.25, 0.3) is 0 Å². The minimum absolute atomic E-state index is 0.483. The first-order valence-electron chi connectivity index (χ1n) is 7.05. The molecular weight excluding hydrogens is 272 g/mol. The summed E-state index contributed by atoms with van der Waals surface area (Å²) in [6.45, 7) is 4.76. The summed E-state index contributed by atoms with van der Waals surface area (Å²) < 4.78 is 5.26. The SMILES string of the molecule is O=C(NCCCN1CCOCC1)C(=O)Nc1cccnc1. The van der Waals surface area contributed by atoms with Crippen molar-refractivity contribution >= 4 is 17.5 Å². The van der Waals surface area contributed by atoms with Crippen LogP contribution < -0.4 is 10.6 Å². The van der Waals surface area contributed by atoms with Crippen molar-refractivity contribution in [1.82, 2.24) is 15.2 Å². The maximum atomic E-state index is 11.6. The molecule has 0 saturated carbocycles. The van der Waals surface area contributed by atoms with Crippen LogP contribution in [0.3, 0.4) is 0 Å². The lowest BCUT2D eigenvalue weighted by atomic mass is 10.3. The minimum atomic E-state index is -0.672. The van der Waals surface area contributed by atoms with E-state index < -0.39 is 11.8 Å². The van der Waals surface area contributed by atoms with Crippen molar-refractivity contribution in [1.29, 1.82) is 0 Å². The Hall–Kier alpha value is -1.99. The molecule has 2 heterocycles. The normalized spacial score (nSPS) is 15.4. The Kier molecular flexibility index (Phi) is 6.11. The maximum Gasteiger partial charge on any atom is 0.313 e. The lowest BCUT2D eigenvalue weighted by Gasteiger charge is -2.26. The molecule has 1 aliphatic heterocycles. The average molecular weight is 292 g/mol. The van der Waals surface area contributed by atoms with Gasteiger partial charge < -0.3 is 15.4 Å². The van der Waals surface area contributed by atoms with Crippen molar-refractivity contribution in [2.24, 2.45) is 0 Å². The summed E-state index contributed by atoms with van der Waals surface area (Å²) >= 11 is 0. The Morgan fingerprint density at radius 1 is 1.29 bits per heavy atom. The zero-order valence-electron chi connectivity index (χ0n) is 11.9. The van der Waals surface area contributed by atoms with E-state index in [1.807, 2.05) is 0 Å². The van der Waals surface area contributed by atoms with Gasteiger partial charge in [0.1, 0.15) is 0 Å². The molecule has 1 saturated heterocycles. The van der Waals surface area contributed by atoms with Crippen molar-refractivity contribution in [2.75, 3.05) is 44.7 Å². The van der Waals surface area contributed by atoms with E-state index in [-0.39, 0.29) is 0 Å². The first-order valence-corrected chi connectivity index (χ1v) is 7.05. The molecule has 0 aromatic carbocycles. The molecule has 1 fully saturated rings. The van der Waals surface area contributed by atoms with Gasteiger partial charge in [-0.1, -0.05) is 0 Å². The summed E-state index contributed by atoms with van der Waals surface area (Å²) in [5.74, 6) is -1.30. The van der Waals surface area contributed by atoms with Gasteiger partial charge in [0.05, 0.1) is 25.1 Å². The smallest absolute Gasteiger partial charge is 0.313 e. The molecule has 7 heteroatoms. The van der Waals surface area contributed by atoms with Gasteiger partial charge in [-0.2, -0.15) is 0 Å². The highest BCUT2D eigenvalue weighted by molar-refractivity contribution is 6.39. The number of hydrogen-bond acceptors (Lipinski definition) is 5. The molecule has 2 N–H and O–H groups in total. The van der Waals surface area contributed by atoms with E-state index in [1.54, 1.807) is 18.3 Å². The molecule has 2 amide bonds. The molecular formula is C14H20N4O3. The molecule has 0 spiro atoms. The highest BCUT2D eigenvalue weighted by atomic mass is 16.5. The Balaban J connectivity index is 1.61. The second-order valence-electron chi connectivity index (χ2n) is 4.76. The van der Waals surface area contributed by atoms with Crippen LogP contribution >= 0.6 is 0 Å². The van der Waals surface area contributed by atoms with Gasteiger partial charge in [-0.25, -0.2) is 0 Å². The third-order valence-electron chi connectivity index (χ3n) is 3.17. The molecule has 7 nitrogen and oxygen atoms in total. The van der Waals surface area contributed by atoms with E-state index >= 15 is 0 Å². The highest BCUT2D eigenvalue weighted by Crippen LogP contribution is 2.02. The predicted molar refractivity (Wildman–Crippen MR) is 77.8 cm³/mol. The van der Waals surface area contributed by atoms with Gasteiger partial charge in [0.2, 0.25) is 0 Å². The summed E-state index contributed by atoms with van der Waals surface area (Å²) in [5, 5.41) is 5.10. The number of ether oxygens (including phenoxy) is 1. The monoisotopic (exact) mass is 292 g/mol. The van der Waals surface area contributed by atoms with Gasteiger partial charge in [-0.15, -0.1) is 0 Å². The number of hydrogen-bond donors (Lipinski definition) is 2. The van der Waals surface area contributed by atoms with E-state index in [9.17, 15) is 9.59 Å². The Labute approximate surface area is 123 Å². The van der Waals surface area contributed by atoms with Crippen LogP contribution in [0.25, 0.3) is 0 Å². The highest BCUT2D eigenvalue weighted by Gasteiger charge is 2.14. The van der Waals surface area contributed by atoms with Gasteiger partial charge in [0.15, 0.2) is 0 Å². The molecule has 0 unspecified atom stereocenters. The second-order valence-corrected chi connectivity index (χ2v) is 4.76. The van der Waals surface area contributed by atoms with E-state index in [1.165, 1.54) is 6.20 Å². The maximum absolute atomic E-state index is 11.6. The number of amides is 2. The van der Waals surface area contributed by atoms with Gasteiger partial charge >= 0.3 is 11.8 Å². The molecule has 0 bridgehead atoms. The van der Waals surface area contributed by atoms with Crippen LogP contribution in [0.1, 0.15) is 6.42 Å². The number of pyridine rings is 1. The number of nitrogens with zero attached hydrogens (tertiary/aromatic N) is 2. The lowest BCUT2D eigenvalue weighted by Crippen LogP contribution is -2.39. The third kappa shape index (κ3) is 5.49. The first-order chi connectivity index (χ1) is 10.3. The first kappa shape index (κ1) is 15.4. The summed E-state index contributed by atoms with van der Waals surface area (Å²) in [4.78, 5) is 29.4. The number of rotatable bonds is 5. The quantitative estimate of drug-likeness (QED) is 0.583. The van der Waals surface area contributed by atoms with Crippen molar-refractivity contribution in [3.05, 3.63) is 24.5 Å². The standard InChI is InChI=1S/C14H20N4O3/c19-13(14(20)17-12-3-1-4-15-11-12)16-5-2-6-18-7-9-21-10-8-18/h1,3-4,11H,2,5-10H2,(H,16,19)(H,17,20). The minimum Gasteiger partial charge on any atom is -0.379 e. The fourth-order valence-corrected chi connectivity index (χ4v) is 2.03. The summed E-state index contributed by atoms with van der Waals surface area (Å²) in [6.07, 6.45) is 3.90. The van der Waals surface area contributed by atoms with Crippen molar-refractivity contribution in [3.8, 4) is 0 Å². The Morgan fingerprint density at radius 2 is 2.10 bits per heavy atom. The topological polar surface area (TPSA) is 83.6 Å². The van der Waals surface area contributed by atoms with Crippen LogP contribution in [0.4, 0.5) is 5.69 Å². The average Bonchev–Trinajstić information content (AvgIpc) is 2.53. The van der Waals surface area contributed by atoms with Crippen LogP contribution in [-0.4, -0.2) is 61.1 Å².